The number of carbonyl (C=O) groups is 2. The van der Waals surface area contributed by atoms with Crippen molar-refractivity contribution in [3.05, 3.63) is 38.9 Å². The zero-order valence-corrected chi connectivity index (χ0v) is 14.8. The molecule has 2 spiro atoms. The van der Waals surface area contributed by atoms with Crippen LogP contribution >= 0.6 is 15.9 Å². The standard InChI is InChI=1S/C18H19BrN2O2/c1-10-7-12-9-14(19)17(13(12)8-11(10)2)3-5-18(6-4-17)15(22)20-16(23)21-18/h7-9H,3-6H2,1-2H3,(H2,20,21,22,23). The van der Waals surface area contributed by atoms with Crippen molar-refractivity contribution >= 4 is 33.9 Å². The first-order chi connectivity index (χ1) is 10.9. The quantitative estimate of drug-likeness (QED) is 0.683. The molecule has 4 nitrogen and oxygen atoms in total. The zero-order valence-electron chi connectivity index (χ0n) is 13.3. The van der Waals surface area contributed by atoms with Crippen molar-refractivity contribution in [1.29, 1.82) is 0 Å². The second-order valence-corrected chi connectivity index (χ2v) is 7.94. The van der Waals surface area contributed by atoms with Gasteiger partial charge in [0, 0.05) is 9.90 Å². The highest BCUT2D eigenvalue weighted by Gasteiger charge is 2.54. The van der Waals surface area contributed by atoms with Gasteiger partial charge in [0.15, 0.2) is 0 Å². The Kier molecular flexibility index (Phi) is 3.05. The van der Waals surface area contributed by atoms with Crippen molar-refractivity contribution in [2.45, 2.75) is 50.5 Å². The SMILES string of the molecule is Cc1cc2c(cc1C)C1(CCC3(CC1)NC(=O)NC3=O)C(Br)=C2. The molecule has 5 heteroatoms. The lowest BCUT2D eigenvalue weighted by Crippen LogP contribution is -2.52. The van der Waals surface area contributed by atoms with Crippen molar-refractivity contribution in [3.63, 3.8) is 0 Å². The van der Waals surface area contributed by atoms with Crippen LogP contribution in [0.15, 0.2) is 16.6 Å². The van der Waals surface area contributed by atoms with E-state index in [4.69, 9.17) is 0 Å². The maximum Gasteiger partial charge on any atom is 0.322 e. The van der Waals surface area contributed by atoms with Gasteiger partial charge < -0.3 is 5.32 Å². The predicted molar refractivity (Wildman–Crippen MR) is 92.4 cm³/mol. The molecule has 1 aliphatic heterocycles. The number of hydrogen-bond donors (Lipinski definition) is 2. The highest BCUT2D eigenvalue weighted by molar-refractivity contribution is 9.11. The highest BCUT2D eigenvalue weighted by Crippen LogP contribution is 2.55. The summed E-state index contributed by atoms with van der Waals surface area (Å²) in [7, 11) is 0. The molecule has 2 fully saturated rings. The Hall–Kier alpha value is -1.62. The summed E-state index contributed by atoms with van der Waals surface area (Å²) >= 11 is 3.78. The third kappa shape index (κ3) is 1.95. The minimum atomic E-state index is -0.710. The number of urea groups is 1. The Labute approximate surface area is 143 Å². The van der Waals surface area contributed by atoms with Crippen molar-refractivity contribution in [3.8, 4) is 0 Å². The minimum absolute atomic E-state index is 0.0490. The Balaban J connectivity index is 1.71. The number of amides is 3. The second kappa shape index (κ2) is 4.69. The molecule has 120 valence electrons. The van der Waals surface area contributed by atoms with Gasteiger partial charge in [-0.25, -0.2) is 4.79 Å². The monoisotopic (exact) mass is 374 g/mol. The lowest BCUT2D eigenvalue weighted by molar-refractivity contribution is -0.125. The van der Waals surface area contributed by atoms with Crippen LogP contribution in [0.5, 0.6) is 0 Å². The summed E-state index contributed by atoms with van der Waals surface area (Å²) in [4.78, 5) is 23.7. The van der Waals surface area contributed by atoms with E-state index in [2.05, 4.69) is 58.6 Å². The van der Waals surface area contributed by atoms with Gasteiger partial charge in [0.2, 0.25) is 0 Å². The maximum atomic E-state index is 12.2. The van der Waals surface area contributed by atoms with E-state index in [1.54, 1.807) is 0 Å². The first kappa shape index (κ1) is 14.9. The van der Waals surface area contributed by atoms with Crippen molar-refractivity contribution < 1.29 is 9.59 Å². The molecule has 0 radical (unpaired) electrons. The van der Waals surface area contributed by atoms with Gasteiger partial charge in [-0.05, 0) is 67.9 Å². The van der Waals surface area contributed by atoms with E-state index in [-0.39, 0.29) is 17.4 Å². The lowest BCUT2D eigenvalue weighted by Gasteiger charge is -2.42. The number of rotatable bonds is 0. The molecular weight excluding hydrogens is 356 g/mol. The first-order valence-electron chi connectivity index (χ1n) is 7.99. The van der Waals surface area contributed by atoms with Gasteiger partial charge in [-0.2, -0.15) is 0 Å². The molecule has 1 aromatic carbocycles. The van der Waals surface area contributed by atoms with E-state index >= 15 is 0 Å². The van der Waals surface area contributed by atoms with Gasteiger partial charge in [-0.15, -0.1) is 0 Å². The van der Waals surface area contributed by atoms with Gasteiger partial charge >= 0.3 is 6.03 Å². The first-order valence-corrected chi connectivity index (χ1v) is 8.79. The summed E-state index contributed by atoms with van der Waals surface area (Å²) in [5, 5.41) is 5.24. The number of allylic oxidation sites excluding steroid dienone is 1. The second-order valence-electron chi connectivity index (χ2n) is 7.09. The van der Waals surface area contributed by atoms with E-state index in [1.165, 1.54) is 26.7 Å². The molecule has 1 heterocycles. The number of fused-ring (bicyclic) bond motifs is 2. The number of carbonyl (C=O) groups excluding carboxylic acids is 2. The zero-order chi connectivity index (χ0) is 16.4. The van der Waals surface area contributed by atoms with Crippen LogP contribution in [0.1, 0.15) is 47.9 Å². The van der Waals surface area contributed by atoms with E-state index in [0.29, 0.717) is 12.8 Å². The lowest BCUT2D eigenvalue weighted by atomic mass is 9.65. The third-order valence-electron chi connectivity index (χ3n) is 5.89. The van der Waals surface area contributed by atoms with Gasteiger partial charge in [-0.3, -0.25) is 10.1 Å². The fourth-order valence-corrected chi connectivity index (χ4v) is 5.12. The number of hydrogen-bond acceptors (Lipinski definition) is 2. The Morgan fingerprint density at radius 2 is 1.70 bits per heavy atom. The van der Waals surface area contributed by atoms with Crippen LogP contribution in [0.2, 0.25) is 0 Å². The summed E-state index contributed by atoms with van der Waals surface area (Å²) in [6, 6.07) is 4.18. The van der Waals surface area contributed by atoms with E-state index in [0.717, 1.165) is 12.8 Å². The van der Waals surface area contributed by atoms with Gasteiger partial charge in [-0.1, -0.05) is 28.1 Å². The molecule has 0 bridgehead atoms. The van der Waals surface area contributed by atoms with Gasteiger partial charge in [0.05, 0.1) is 0 Å². The number of imide groups is 1. The molecule has 0 unspecified atom stereocenters. The normalized spacial score (nSPS) is 32.0. The van der Waals surface area contributed by atoms with E-state index < -0.39 is 5.54 Å². The Morgan fingerprint density at radius 1 is 1.04 bits per heavy atom. The molecule has 1 saturated carbocycles. The number of aryl methyl sites for hydroxylation is 2. The molecule has 4 rings (SSSR count). The van der Waals surface area contributed by atoms with E-state index in [1.807, 2.05) is 0 Å². The summed E-state index contributed by atoms with van der Waals surface area (Å²) in [5.74, 6) is -0.171. The van der Waals surface area contributed by atoms with Crippen molar-refractivity contribution in [2.75, 3.05) is 0 Å². The molecule has 2 aliphatic carbocycles. The largest absolute Gasteiger partial charge is 0.323 e. The maximum absolute atomic E-state index is 12.2. The smallest absolute Gasteiger partial charge is 0.322 e. The fourth-order valence-electron chi connectivity index (χ4n) is 4.27. The highest BCUT2D eigenvalue weighted by atomic mass is 79.9. The molecular formula is C18H19BrN2O2. The van der Waals surface area contributed by atoms with Gasteiger partial charge in [0.1, 0.15) is 5.54 Å². The molecule has 1 saturated heterocycles. The number of halogens is 1. The molecule has 0 atom stereocenters. The summed E-state index contributed by atoms with van der Waals surface area (Å²) in [5.41, 5.74) is 4.46. The Morgan fingerprint density at radius 3 is 2.30 bits per heavy atom. The number of nitrogens with one attached hydrogen (secondary N) is 2. The molecule has 1 aromatic rings. The number of benzene rings is 1. The van der Waals surface area contributed by atoms with Crippen LogP contribution < -0.4 is 10.6 Å². The Bertz CT molecular complexity index is 773. The minimum Gasteiger partial charge on any atom is -0.323 e. The van der Waals surface area contributed by atoms with Crippen LogP contribution in [0.4, 0.5) is 4.79 Å². The predicted octanol–water partition coefficient (Wildman–Crippen LogP) is 3.44. The van der Waals surface area contributed by atoms with Crippen LogP contribution in [-0.2, 0) is 10.2 Å². The van der Waals surface area contributed by atoms with Crippen molar-refractivity contribution in [2.24, 2.45) is 0 Å². The average molecular weight is 375 g/mol. The molecule has 0 aromatic heterocycles. The fraction of sp³-hybridized carbons (Fsp3) is 0.444. The van der Waals surface area contributed by atoms with Crippen molar-refractivity contribution in [1.82, 2.24) is 10.6 Å². The summed E-state index contributed by atoms with van der Waals surface area (Å²) in [6.45, 7) is 4.28. The van der Waals surface area contributed by atoms with E-state index in [9.17, 15) is 9.59 Å². The summed E-state index contributed by atoms with van der Waals surface area (Å²) < 4.78 is 1.20. The molecule has 23 heavy (non-hydrogen) atoms. The van der Waals surface area contributed by atoms with Crippen LogP contribution in [-0.4, -0.2) is 17.5 Å². The third-order valence-corrected chi connectivity index (χ3v) is 6.88. The average Bonchev–Trinajstić information content (AvgIpc) is 2.91. The molecule has 3 amide bonds. The van der Waals surface area contributed by atoms with Crippen LogP contribution in [0, 0.1) is 13.8 Å². The topological polar surface area (TPSA) is 58.2 Å². The summed E-state index contributed by atoms with van der Waals surface area (Å²) in [6.07, 6.45) is 5.26. The van der Waals surface area contributed by atoms with Crippen LogP contribution in [0.25, 0.3) is 6.08 Å². The van der Waals surface area contributed by atoms with Gasteiger partial charge in [0.25, 0.3) is 5.91 Å². The molecule has 2 N–H and O–H groups in total. The molecule has 3 aliphatic rings. The van der Waals surface area contributed by atoms with Crippen LogP contribution in [0.3, 0.4) is 0 Å².